The summed E-state index contributed by atoms with van der Waals surface area (Å²) in [4.78, 5) is 64.6. The van der Waals surface area contributed by atoms with Crippen LogP contribution in [0.5, 0.6) is 0 Å². The van der Waals surface area contributed by atoms with Crippen molar-refractivity contribution in [2.75, 3.05) is 13.2 Å². The van der Waals surface area contributed by atoms with Gasteiger partial charge in [0.1, 0.15) is 11.4 Å². The molecule has 0 aliphatic carbocycles. The Morgan fingerprint density at radius 2 is 1.11 bits per heavy atom. The van der Waals surface area contributed by atoms with E-state index in [-0.39, 0.29) is 24.6 Å². The van der Waals surface area contributed by atoms with Crippen molar-refractivity contribution in [1.82, 2.24) is 14.1 Å². The fourth-order valence-corrected chi connectivity index (χ4v) is 6.84. The van der Waals surface area contributed by atoms with E-state index in [1.807, 2.05) is 23.0 Å². The molecule has 0 spiro atoms. The van der Waals surface area contributed by atoms with E-state index in [0.29, 0.717) is 33.8 Å². The number of pyridine rings is 1. The van der Waals surface area contributed by atoms with Gasteiger partial charge in [-0.2, -0.15) is 9.98 Å². The largest absolute Gasteiger partial charge is 0.462 e. The van der Waals surface area contributed by atoms with Gasteiger partial charge in [0.2, 0.25) is 0 Å². The molecule has 2 amide bonds. The number of carbonyl (C=O) groups is 4. The van der Waals surface area contributed by atoms with Crippen molar-refractivity contribution in [3.63, 3.8) is 0 Å². The number of fused-ring (bicyclic) bond motifs is 2. The van der Waals surface area contributed by atoms with Gasteiger partial charge in [0.15, 0.2) is 9.60 Å². The van der Waals surface area contributed by atoms with Crippen molar-refractivity contribution < 1.29 is 28.7 Å². The van der Waals surface area contributed by atoms with Crippen molar-refractivity contribution in [2.45, 2.75) is 40.8 Å². The topological polar surface area (TPSA) is 134 Å². The zero-order valence-corrected chi connectivity index (χ0v) is 26.2. The van der Waals surface area contributed by atoms with Crippen molar-refractivity contribution in [1.29, 1.82) is 0 Å². The van der Waals surface area contributed by atoms with Crippen LogP contribution < -0.4 is 9.60 Å². The number of aryl methyl sites for hydroxylation is 2. The summed E-state index contributed by atoms with van der Waals surface area (Å²) in [6.45, 7) is 8.99. The van der Waals surface area contributed by atoms with Crippen LogP contribution >= 0.6 is 22.7 Å². The predicted molar refractivity (Wildman–Crippen MR) is 167 cm³/mol. The average Bonchev–Trinajstić information content (AvgIpc) is 3.56. The van der Waals surface area contributed by atoms with Crippen LogP contribution in [0.15, 0.2) is 64.6 Å². The van der Waals surface area contributed by atoms with Crippen molar-refractivity contribution in [2.24, 2.45) is 9.98 Å². The molecule has 0 fully saturated rings. The molecule has 0 aliphatic heterocycles. The first-order valence-corrected chi connectivity index (χ1v) is 15.7. The molecule has 0 aliphatic rings. The molecule has 0 N–H and O–H groups in total. The molecule has 3 heterocycles. The lowest BCUT2D eigenvalue weighted by atomic mass is 10.2. The van der Waals surface area contributed by atoms with Crippen molar-refractivity contribution >= 4 is 66.9 Å². The first kappa shape index (κ1) is 30.7. The summed E-state index contributed by atoms with van der Waals surface area (Å²) >= 11 is 2.54. The Balaban J connectivity index is 1.47. The Bertz CT molecular complexity index is 1920. The summed E-state index contributed by atoms with van der Waals surface area (Å²) in [6.07, 6.45) is 0. The minimum atomic E-state index is -0.615. The van der Waals surface area contributed by atoms with Crippen LogP contribution in [-0.4, -0.2) is 51.1 Å². The third kappa shape index (κ3) is 6.15. The Kier molecular flexibility index (Phi) is 9.26. The van der Waals surface area contributed by atoms with E-state index in [2.05, 4.69) is 15.0 Å². The number of rotatable bonds is 8. The van der Waals surface area contributed by atoms with Crippen LogP contribution in [-0.2, 0) is 22.6 Å². The normalized spacial score (nSPS) is 12.2. The summed E-state index contributed by atoms with van der Waals surface area (Å²) < 4.78 is 15.5. The number of esters is 2. The highest BCUT2D eigenvalue weighted by Crippen LogP contribution is 2.21. The fourth-order valence-electron chi connectivity index (χ4n) is 4.57. The van der Waals surface area contributed by atoms with Gasteiger partial charge in [-0.05, 0) is 76.2 Å². The molecular weight excluding hydrogens is 603 g/mol. The molecule has 0 bridgehead atoms. The van der Waals surface area contributed by atoms with Crippen molar-refractivity contribution in [3.8, 4) is 0 Å². The van der Waals surface area contributed by atoms with E-state index >= 15 is 0 Å². The third-order valence-corrected chi connectivity index (χ3v) is 8.68. The molecule has 0 saturated heterocycles. The van der Waals surface area contributed by atoms with Gasteiger partial charge in [0.25, 0.3) is 11.8 Å². The maximum Gasteiger partial charge on any atom is 0.338 e. The molecule has 0 atom stereocenters. The minimum Gasteiger partial charge on any atom is -0.462 e. The molecule has 5 aromatic rings. The summed E-state index contributed by atoms with van der Waals surface area (Å²) in [5.74, 6) is -2.07. The number of hydrogen-bond donors (Lipinski definition) is 0. The van der Waals surface area contributed by atoms with E-state index in [9.17, 15) is 19.2 Å². The SMILES string of the molecule is CCOC(=O)c1ccc2c(c1)sc(=NC(=O)c1cccc(C(=O)N=c3sc4cc(C(=O)OCC)ccc4n3CC)n1)n2CC. The molecule has 2 aromatic carbocycles. The maximum atomic E-state index is 13.2. The quantitative estimate of drug-likeness (QED) is 0.220. The Morgan fingerprint density at radius 1 is 0.682 bits per heavy atom. The maximum absolute atomic E-state index is 13.2. The van der Waals surface area contributed by atoms with Gasteiger partial charge >= 0.3 is 11.9 Å². The highest BCUT2D eigenvalue weighted by molar-refractivity contribution is 7.16. The molecular formula is C31H29N5O6S2. The average molecular weight is 632 g/mol. The van der Waals surface area contributed by atoms with Gasteiger partial charge < -0.3 is 18.6 Å². The standard InChI is InChI=1S/C31H29N5O6S2/c1-5-35-22-14-12-18(28(39)41-7-3)16-24(22)43-30(35)33-26(37)20-10-9-11-21(32-20)27(38)34-31-36(6-2)23-15-13-19(17-25(23)44-31)29(40)42-8-4/h9-17H,5-8H2,1-4H3. The van der Waals surface area contributed by atoms with E-state index < -0.39 is 23.8 Å². The third-order valence-electron chi connectivity index (χ3n) is 6.60. The zero-order valence-electron chi connectivity index (χ0n) is 24.5. The highest BCUT2D eigenvalue weighted by Gasteiger charge is 2.16. The molecule has 3 aromatic heterocycles. The molecule has 0 unspecified atom stereocenters. The second-order valence-electron chi connectivity index (χ2n) is 9.31. The van der Waals surface area contributed by atoms with Crippen LogP contribution in [0.25, 0.3) is 20.4 Å². The molecule has 0 radical (unpaired) electrons. The number of benzene rings is 2. The number of amides is 2. The molecule has 0 saturated carbocycles. The monoisotopic (exact) mass is 631 g/mol. The zero-order chi connectivity index (χ0) is 31.4. The van der Waals surface area contributed by atoms with E-state index in [0.717, 1.165) is 20.4 Å². The number of ether oxygens (including phenoxy) is 2. The lowest BCUT2D eigenvalue weighted by Crippen LogP contribution is -2.18. The Hall–Kier alpha value is -4.75. The van der Waals surface area contributed by atoms with Crippen LogP contribution in [0, 0.1) is 0 Å². The van der Waals surface area contributed by atoms with Crippen LogP contribution in [0.1, 0.15) is 69.4 Å². The van der Waals surface area contributed by atoms with E-state index in [1.54, 1.807) is 56.3 Å². The van der Waals surface area contributed by atoms with Crippen molar-refractivity contribution in [3.05, 3.63) is 86.7 Å². The van der Waals surface area contributed by atoms with Gasteiger partial charge in [-0.15, -0.1) is 0 Å². The second-order valence-corrected chi connectivity index (χ2v) is 11.3. The van der Waals surface area contributed by atoms with Gasteiger partial charge in [-0.3, -0.25) is 9.59 Å². The number of hydrogen-bond acceptors (Lipinski definition) is 9. The minimum absolute atomic E-state index is 0.00263. The molecule has 13 heteroatoms. The summed E-state index contributed by atoms with van der Waals surface area (Å²) in [6, 6.07) is 15.0. The van der Waals surface area contributed by atoms with E-state index in [1.165, 1.54) is 34.8 Å². The molecule has 5 rings (SSSR count). The lowest BCUT2D eigenvalue weighted by Gasteiger charge is -2.03. The van der Waals surface area contributed by atoms with Crippen LogP contribution in [0.3, 0.4) is 0 Å². The van der Waals surface area contributed by atoms with Crippen LogP contribution in [0.2, 0.25) is 0 Å². The van der Waals surface area contributed by atoms with Gasteiger partial charge in [-0.25, -0.2) is 14.6 Å². The highest BCUT2D eigenvalue weighted by atomic mass is 32.1. The van der Waals surface area contributed by atoms with Gasteiger partial charge in [0, 0.05) is 13.1 Å². The summed E-state index contributed by atoms with van der Waals surface area (Å²) in [7, 11) is 0. The smallest absolute Gasteiger partial charge is 0.338 e. The molecule has 11 nitrogen and oxygen atoms in total. The second kappa shape index (κ2) is 13.3. The van der Waals surface area contributed by atoms with Crippen LogP contribution in [0.4, 0.5) is 0 Å². The lowest BCUT2D eigenvalue weighted by molar-refractivity contribution is 0.0517. The summed E-state index contributed by atoms with van der Waals surface area (Å²) in [5, 5.41) is 0. The predicted octanol–water partition coefficient (Wildman–Crippen LogP) is 4.99. The summed E-state index contributed by atoms with van der Waals surface area (Å²) in [5.41, 5.74) is 2.49. The molecule has 44 heavy (non-hydrogen) atoms. The molecule has 226 valence electrons. The first-order valence-electron chi connectivity index (χ1n) is 14.0. The fraction of sp³-hybridized carbons (Fsp3) is 0.258. The Morgan fingerprint density at radius 3 is 1.50 bits per heavy atom. The number of aromatic nitrogens is 3. The van der Waals surface area contributed by atoms with Gasteiger partial charge in [0.05, 0.1) is 44.8 Å². The number of nitrogens with zero attached hydrogens (tertiary/aromatic N) is 5. The van der Waals surface area contributed by atoms with E-state index in [4.69, 9.17) is 9.47 Å². The number of thiazole rings is 2. The first-order chi connectivity index (χ1) is 21.3. The van der Waals surface area contributed by atoms with Gasteiger partial charge in [-0.1, -0.05) is 28.7 Å². The number of carbonyl (C=O) groups excluding carboxylic acids is 4. The Labute approximate surface area is 259 Å².